The van der Waals surface area contributed by atoms with E-state index in [1.54, 1.807) is 6.33 Å². The van der Waals surface area contributed by atoms with Crippen molar-refractivity contribution in [2.24, 2.45) is 0 Å². The molecule has 1 amide bonds. The maximum absolute atomic E-state index is 12.6. The summed E-state index contributed by atoms with van der Waals surface area (Å²) in [5, 5.41) is 7.82. The fraction of sp³-hybridized carbons (Fsp3) is 0.440. The molecule has 1 fully saturated rings. The Bertz CT molecular complexity index is 1060. The van der Waals surface area contributed by atoms with Crippen molar-refractivity contribution in [1.82, 2.24) is 25.1 Å². The average Bonchev–Trinajstić information content (AvgIpc) is 3.12. The molecule has 1 aliphatic rings. The minimum atomic E-state index is -0.0113. The summed E-state index contributed by atoms with van der Waals surface area (Å²) in [6.07, 6.45) is 6.38. The molecule has 168 valence electrons. The highest BCUT2D eigenvalue weighted by molar-refractivity contribution is 5.76. The maximum Gasteiger partial charge on any atom is 0.220 e. The van der Waals surface area contributed by atoms with Crippen molar-refractivity contribution in [3.8, 4) is 5.82 Å². The molecule has 0 unspecified atom stereocenters. The summed E-state index contributed by atoms with van der Waals surface area (Å²) in [6.45, 7) is 8.13. The lowest BCUT2D eigenvalue weighted by atomic mass is 10.1. The molecule has 0 aliphatic carbocycles. The molecule has 0 saturated carbocycles. The molecule has 1 N–H and O–H groups in total. The van der Waals surface area contributed by atoms with Crippen LogP contribution in [0.2, 0.25) is 0 Å². The zero-order valence-corrected chi connectivity index (χ0v) is 19.2. The van der Waals surface area contributed by atoms with Crippen molar-refractivity contribution in [3.05, 3.63) is 65.2 Å². The molecule has 0 spiro atoms. The van der Waals surface area contributed by atoms with Gasteiger partial charge in [0, 0.05) is 31.3 Å². The highest BCUT2D eigenvalue weighted by Gasteiger charge is 2.18. The molecular weight excluding hydrogens is 400 g/mol. The average molecular weight is 433 g/mol. The number of aromatic nitrogens is 4. The first-order chi connectivity index (χ1) is 15.5. The Balaban J connectivity index is 1.43. The monoisotopic (exact) mass is 432 g/mol. The van der Waals surface area contributed by atoms with Gasteiger partial charge in [-0.05, 0) is 57.6 Å². The predicted octanol–water partition coefficient (Wildman–Crippen LogP) is 4.08. The summed E-state index contributed by atoms with van der Waals surface area (Å²) in [5.41, 5.74) is 4.17. The van der Waals surface area contributed by atoms with Gasteiger partial charge in [0.2, 0.25) is 5.91 Å². The number of hydrogen-bond acceptors (Lipinski definition) is 5. The van der Waals surface area contributed by atoms with Gasteiger partial charge in [0.05, 0.1) is 11.7 Å². The first kappa shape index (κ1) is 22.0. The Hall–Kier alpha value is -3.22. The molecule has 7 nitrogen and oxygen atoms in total. The van der Waals surface area contributed by atoms with Crippen molar-refractivity contribution in [1.29, 1.82) is 0 Å². The summed E-state index contributed by atoms with van der Waals surface area (Å²) in [7, 11) is 0. The Kier molecular flexibility index (Phi) is 6.83. The lowest BCUT2D eigenvalue weighted by Crippen LogP contribution is -2.30. The van der Waals surface area contributed by atoms with E-state index in [-0.39, 0.29) is 11.9 Å². The highest BCUT2D eigenvalue weighted by atomic mass is 16.1. The fourth-order valence-electron chi connectivity index (χ4n) is 4.39. The van der Waals surface area contributed by atoms with Gasteiger partial charge in [0.1, 0.15) is 12.1 Å². The van der Waals surface area contributed by atoms with Gasteiger partial charge in [-0.25, -0.2) is 14.6 Å². The molecule has 0 radical (unpaired) electrons. The number of rotatable bonds is 7. The van der Waals surface area contributed by atoms with E-state index in [0.29, 0.717) is 12.8 Å². The van der Waals surface area contributed by atoms with Crippen LogP contribution in [0.1, 0.15) is 61.2 Å². The lowest BCUT2D eigenvalue weighted by molar-refractivity contribution is -0.121. The largest absolute Gasteiger partial charge is 0.356 e. The van der Waals surface area contributed by atoms with Gasteiger partial charge in [0.25, 0.3) is 0 Å². The smallest absolute Gasteiger partial charge is 0.220 e. The van der Waals surface area contributed by atoms with Gasteiger partial charge in [0.15, 0.2) is 5.82 Å². The van der Waals surface area contributed by atoms with E-state index in [2.05, 4.69) is 20.2 Å². The van der Waals surface area contributed by atoms with Crippen LogP contribution in [-0.2, 0) is 11.2 Å². The van der Waals surface area contributed by atoms with Crippen LogP contribution in [0, 0.1) is 13.8 Å². The SMILES string of the molecule is Cc1nn(-c2cc(N3CCCCC3)ncn2)c(C)c1CCC(=O)N[C@@H](C)c1ccccc1. The molecule has 0 bridgehead atoms. The molecule has 32 heavy (non-hydrogen) atoms. The van der Waals surface area contributed by atoms with Crippen LogP contribution in [0.15, 0.2) is 42.7 Å². The van der Waals surface area contributed by atoms with Crippen molar-refractivity contribution >= 4 is 11.7 Å². The van der Waals surface area contributed by atoms with Crippen molar-refractivity contribution in [3.63, 3.8) is 0 Å². The van der Waals surface area contributed by atoms with Crippen LogP contribution >= 0.6 is 0 Å². The van der Waals surface area contributed by atoms with Crippen LogP contribution in [-0.4, -0.2) is 38.7 Å². The minimum absolute atomic E-state index is 0.0113. The Morgan fingerprint density at radius 1 is 1.06 bits per heavy atom. The molecule has 7 heteroatoms. The fourth-order valence-corrected chi connectivity index (χ4v) is 4.39. The second-order valence-corrected chi connectivity index (χ2v) is 8.54. The third-order valence-electron chi connectivity index (χ3n) is 6.26. The normalized spacial score (nSPS) is 14.9. The zero-order valence-electron chi connectivity index (χ0n) is 19.2. The topological polar surface area (TPSA) is 75.9 Å². The standard InChI is InChI=1S/C25H32N6O/c1-18(21-10-6-4-7-11-21)28-25(32)13-12-22-19(2)29-31(20(22)3)24-16-23(26-17-27-24)30-14-8-5-9-15-30/h4,6-7,10-11,16-18H,5,8-9,12-15H2,1-3H3,(H,28,32)/t18-/m0/s1. The molecule has 1 atom stereocenters. The molecule has 2 aromatic heterocycles. The van der Waals surface area contributed by atoms with Gasteiger partial charge in [-0.2, -0.15) is 5.10 Å². The van der Waals surface area contributed by atoms with E-state index in [4.69, 9.17) is 5.10 Å². The van der Waals surface area contributed by atoms with Crippen LogP contribution < -0.4 is 10.2 Å². The first-order valence-electron chi connectivity index (χ1n) is 11.5. The molecule has 3 aromatic rings. The molecule has 1 aromatic carbocycles. The Labute approximate surface area is 189 Å². The van der Waals surface area contributed by atoms with E-state index in [1.165, 1.54) is 19.3 Å². The summed E-state index contributed by atoms with van der Waals surface area (Å²) in [4.78, 5) is 23.8. The van der Waals surface area contributed by atoms with E-state index in [1.807, 2.05) is 61.9 Å². The van der Waals surface area contributed by atoms with E-state index in [0.717, 1.165) is 47.2 Å². The second kappa shape index (κ2) is 9.94. The highest BCUT2D eigenvalue weighted by Crippen LogP contribution is 2.22. The number of carbonyl (C=O) groups is 1. The van der Waals surface area contributed by atoms with Crippen LogP contribution in [0.5, 0.6) is 0 Å². The summed E-state index contributed by atoms with van der Waals surface area (Å²) in [5.74, 6) is 1.77. The molecule has 1 aliphatic heterocycles. The molecular formula is C25H32N6O. The minimum Gasteiger partial charge on any atom is -0.356 e. The van der Waals surface area contributed by atoms with Crippen LogP contribution in [0.25, 0.3) is 5.82 Å². The van der Waals surface area contributed by atoms with Gasteiger partial charge in [-0.15, -0.1) is 0 Å². The molecule has 1 saturated heterocycles. The number of amides is 1. The number of nitrogens with one attached hydrogen (secondary N) is 1. The van der Waals surface area contributed by atoms with Gasteiger partial charge >= 0.3 is 0 Å². The number of benzene rings is 1. The molecule has 4 rings (SSSR count). The van der Waals surface area contributed by atoms with E-state index in [9.17, 15) is 4.79 Å². The summed E-state index contributed by atoms with van der Waals surface area (Å²) in [6, 6.07) is 12.0. The van der Waals surface area contributed by atoms with Gasteiger partial charge < -0.3 is 10.2 Å². The number of hydrogen-bond donors (Lipinski definition) is 1. The second-order valence-electron chi connectivity index (χ2n) is 8.54. The van der Waals surface area contributed by atoms with Gasteiger partial charge in [-0.1, -0.05) is 30.3 Å². The third-order valence-corrected chi connectivity index (χ3v) is 6.26. The quantitative estimate of drug-likeness (QED) is 0.609. The van der Waals surface area contributed by atoms with E-state index >= 15 is 0 Å². The van der Waals surface area contributed by atoms with E-state index < -0.39 is 0 Å². The van der Waals surface area contributed by atoms with Crippen LogP contribution in [0.3, 0.4) is 0 Å². The number of piperidine rings is 1. The zero-order chi connectivity index (χ0) is 22.5. The predicted molar refractivity (Wildman–Crippen MR) is 126 cm³/mol. The summed E-state index contributed by atoms with van der Waals surface area (Å²) >= 11 is 0. The number of anilines is 1. The van der Waals surface area contributed by atoms with Crippen LogP contribution in [0.4, 0.5) is 5.82 Å². The summed E-state index contributed by atoms with van der Waals surface area (Å²) < 4.78 is 1.88. The van der Waals surface area contributed by atoms with Gasteiger partial charge in [-0.3, -0.25) is 4.79 Å². The van der Waals surface area contributed by atoms with Crippen molar-refractivity contribution in [2.75, 3.05) is 18.0 Å². The number of nitrogens with zero attached hydrogens (tertiary/aromatic N) is 5. The van der Waals surface area contributed by atoms with Crippen molar-refractivity contribution < 1.29 is 4.79 Å². The first-order valence-corrected chi connectivity index (χ1v) is 11.5. The third kappa shape index (κ3) is 4.98. The Morgan fingerprint density at radius 2 is 1.78 bits per heavy atom. The lowest BCUT2D eigenvalue weighted by Gasteiger charge is -2.27. The maximum atomic E-state index is 12.6. The molecule has 3 heterocycles. The number of aryl methyl sites for hydroxylation is 1. The van der Waals surface area contributed by atoms with Crippen molar-refractivity contribution in [2.45, 2.75) is 58.9 Å². The Morgan fingerprint density at radius 3 is 2.53 bits per heavy atom. The number of carbonyl (C=O) groups excluding carboxylic acids is 1.